The van der Waals surface area contributed by atoms with E-state index in [1.807, 2.05) is 23.6 Å². The number of aromatic amines is 1. The van der Waals surface area contributed by atoms with Gasteiger partial charge in [-0.05, 0) is 93.4 Å². The van der Waals surface area contributed by atoms with Gasteiger partial charge in [0.2, 0.25) is 11.9 Å². The Morgan fingerprint density at radius 3 is 2.56 bits per heavy atom. The number of aryl methyl sites for hydroxylation is 1. The van der Waals surface area contributed by atoms with Crippen LogP contribution in [0.1, 0.15) is 62.6 Å². The predicted octanol–water partition coefficient (Wildman–Crippen LogP) is 4.72. The smallest absolute Gasteiger partial charge is 0.255 e. The van der Waals surface area contributed by atoms with Crippen LogP contribution in [0.4, 0.5) is 5.82 Å². The standard InChI is InChI=1S/C26H29N5O2S/c32-23-18-4-1-2-5-19(18)27-25(29-23)31-22(11-20(30-31)21-6-3-7-34-21)28-24(33)26-12-15-8-16(13-26)10-17(9-15)14-26/h3,6-7,11,15-17H,1-2,4-5,8-10,12-14H2,(H,28,33)(H,27,29,32). The number of hydrogen-bond acceptors (Lipinski definition) is 5. The molecule has 5 aliphatic carbocycles. The minimum atomic E-state index is -0.260. The maximum Gasteiger partial charge on any atom is 0.255 e. The zero-order valence-corrected chi connectivity index (χ0v) is 20.0. The molecule has 8 rings (SSSR count). The molecule has 4 fully saturated rings. The highest BCUT2D eigenvalue weighted by atomic mass is 32.1. The number of thiophene rings is 1. The third-order valence-corrected chi connectivity index (χ3v) is 9.52. The monoisotopic (exact) mass is 475 g/mol. The summed E-state index contributed by atoms with van der Waals surface area (Å²) in [7, 11) is 0. The van der Waals surface area contributed by atoms with Crippen molar-refractivity contribution in [3.05, 3.63) is 45.2 Å². The highest BCUT2D eigenvalue weighted by Gasteiger charge is 2.54. The van der Waals surface area contributed by atoms with Gasteiger partial charge < -0.3 is 5.32 Å². The fourth-order valence-electron chi connectivity index (χ4n) is 7.50. The Kier molecular flexibility index (Phi) is 4.63. The molecule has 5 aliphatic rings. The summed E-state index contributed by atoms with van der Waals surface area (Å²) in [5.41, 5.74) is 2.07. The number of fused-ring (bicyclic) bond motifs is 1. The van der Waals surface area contributed by atoms with Gasteiger partial charge in [-0.3, -0.25) is 14.6 Å². The number of carbonyl (C=O) groups excluding carboxylic acids is 1. The zero-order chi connectivity index (χ0) is 22.9. The molecule has 0 saturated heterocycles. The van der Waals surface area contributed by atoms with E-state index in [1.165, 1.54) is 19.3 Å². The molecule has 3 aromatic rings. The maximum atomic E-state index is 13.8. The van der Waals surface area contributed by atoms with Crippen LogP contribution in [0.2, 0.25) is 0 Å². The highest BCUT2D eigenvalue weighted by molar-refractivity contribution is 7.13. The summed E-state index contributed by atoms with van der Waals surface area (Å²) < 4.78 is 1.63. The Labute approximate surface area is 202 Å². The lowest BCUT2D eigenvalue weighted by Crippen LogP contribution is -2.51. The molecule has 0 aromatic carbocycles. The van der Waals surface area contributed by atoms with Crippen molar-refractivity contribution in [1.29, 1.82) is 0 Å². The van der Waals surface area contributed by atoms with E-state index in [-0.39, 0.29) is 16.9 Å². The second-order valence-corrected chi connectivity index (χ2v) is 11.9. The van der Waals surface area contributed by atoms with Gasteiger partial charge in [-0.1, -0.05) is 6.07 Å². The van der Waals surface area contributed by atoms with Crippen molar-refractivity contribution in [3.8, 4) is 16.5 Å². The zero-order valence-electron chi connectivity index (χ0n) is 19.2. The molecule has 0 spiro atoms. The average Bonchev–Trinajstić information content (AvgIpc) is 3.48. The van der Waals surface area contributed by atoms with E-state index >= 15 is 0 Å². The summed E-state index contributed by atoms with van der Waals surface area (Å²) in [5.74, 6) is 3.18. The Bertz CT molecular complexity index is 1290. The van der Waals surface area contributed by atoms with Gasteiger partial charge in [0, 0.05) is 11.6 Å². The number of nitrogens with zero attached hydrogens (tertiary/aromatic N) is 3. The summed E-state index contributed by atoms with van der Waals surface area (Å²) in [4.78, 5) is 35.4. The summed E-state index contributed by atoms with van der Waals surface area (Å²) in [6.45, 7) is 0. The van der Waals surface area contributed by atoms with Gasteiger partial charge in [0.25, 0.3) is 5.56 Å². The van der Waals surface area contributed by atoms with E-state index in [1.54, 1.807) is 16.0 Å². The van der Waals surface area contributed by atoms with Crippen molar-refractivity contribution in [2.24, 2.45) is 23.2 Å². The molecule has 3 aromatic heterocycles. The second kappa shape index (κ2) is 7.63. The van der Waals surface area contributed by atoms with E-state index in [4.69, 9.17) is 10.1 Å². The molecule has 0 unspecified atom stereocenters. The van der Waals surface area contributed by atoms with Gasteiger partial charge >= 0.3 is 0 Å². The van der Waals surface area contributed by atoms with Crippen LogP contribution in [0.25, 0.3) is 16.5 Å². The molecule has 4 bridgehead atoms. The first kappa shape index (κ1) is 20.6. The molecular weight excluding hydrogens is 446 g/mol. The summed E-state index contributed by atoms with van der Waals surface area (Å²) in [6, 6.07) is 5.93. The molecular formula is C26H29N5O2S. The van der Waals surface area contributed by atoms with Crippen LogP contribution >= 0.6 is 11.3 Å². The minimum Gasteiger partial charge on any atom is -0.310 e. The van der Waals surface area contributed by atoms with Gasteiger partial charge in [0.05, 0.1) is 16.0 Å². The fourth-order valence-corrected chi connectivity index (χ4v) is 8.19. The second-order valence-electron chi connectivity index (χ2n) is 11.0. The number of nitrogens with one attached hydrogen (secondary N) is 2. The van der Waals surface area contributed by atoms with Crippen molar-refractivity contribution < 1.29 is 4.79 Å². The molecule has 3 heterocycles. The van der Waals surface area contributed by atoms with Crippen molar-refractivity contribution in [2.75, 3.05) is 5.32 Å². The van der Waals surface area contributed by atoms with Crippen LogP contribution in [0, 0.1) is 23.2 Å². The molecule has 8 heteroatoms. The normalized spacial score (nSPS) is 29.2. The Hall–Kier alpha value is -2.74. The molecule has 0 radical (unpaired) electrons. The fraction of sp³-hybridized carbons (Fsp3) is 0.538. The Balaban J connectivity index is 1.28. The summed E-state index contributed by atoms with van der Waals surface area (Å²) in [5, 5.41) is 10.1. The molecule has 4 saturated carbocycles. The third kappa shape index (κ3) is 3.29. The van der Waals surface area contributed by atoms with Crippen LogP contribution in [0.15, 0.2) is 28.4 Å². The highest BCUT2D eigenvalue weighted by Crippen LogP contribution is 2.60. The largest absolute Gasteiger partial charge is 0.310 e. The Morgan fingerprint density at radius 2 is 1.85 bits per heavy atom. The number of H-pyrrole nitrogens is 1. The molecule has 34 heavy (non-hydrogen) atoms. The number of amides is 1. The number of rotatable bonds is 4. The van der Waals surface area contributed by atoms with Gasteiger partial charge in [0.15, 0.2) is 0 Å². The summed E-state index contributed by atoms with van der Waals surface area (Å²) >= 11 is 1.60. The van der Waals surface area contributed by atoms with Crippen molar-refractivity contribution in [2.45, 2.75) is 64.2 Å². The average molecular weight is 476 g/mol. The maximum absolute atomic E-state index is 13.8. The van der Waals surface area contributed by atoms with E-state index in [0.29, 0.717) is 29.5 Å². The number of aromatic nitrogens is 4. The van der Waals surface area contributed by atoms with E-state index in [9.17, 15) is 9.59 Å². The SMILES string of the molecule is O=C(Nc1cc(-c2cccs2)nn1-c1nc2c(c(=O)[nH]1)CCCC2)C12CC3CC(CC(C3)C1)C2. The van der Waals surface area contributed by atoms with Crippen LogP contribution in [-0.4, -0.2) is 25.7 Å². The quantitative estimate of drug-likeness (QED) is 0.571. The molecule has 0 atom stereocenters. The third-order valence-electron chi connectivity index (χ3n) is 8.62. The van der Waals surface area contributed by atoms with Gasteiger partial charge in [-0.15, -0.1) is 11.3 Å². The lowest BCUT2D eigenvalue weighted by Gasteiger charge is -2.55. The van der Waals surface area contributed by atoms with Crippen molar-refractivity contribution >= 4 is 23.1 Å². The van der Waals surface area contributed by atoms with Crippen LogP contribution in [0.3, 0.4) is 0 Å². The molecule has 0 aliphatic heterocycles. The first-order chi connectivity index (χ1) is 16.6. The van der Waals surface area contributed by atoms with Crippen molar-refractivity contribution in [1.82, 2.24) is 19.7 Å². The molecule has 1 amide bonds. The molecule has 176 valence electrons. The lowest BCUT2D eigenvalue weighted by molar-refractivity contribution is -0.140. The van der Waals surface area contributed by atoms with Gasteiger partial charge in [-0.25, -0.2) is 4.98 Å². The number of hydrogen-bond donors (Lipinski definition) is 2. The van der Waals surface area contributed by atoms with E-state index in [2.05, 4.69) is 10.3 Å². The summed E-state index contributed by atoms with van der Waals surface area (Å²) in [6.07, 6.45) is 10.5. The molecule has 2 N–H and O–H groups in total. The lowest BCUT2D eigenvalue weighted by atomic mass is 9.49. The van der Waals surface area contributed by atoms with Crippen LogP contribution in [0.5, 0.6) is 0 Å². The van der Waals surface area contributed by atoms with Crippen LogP contribution < -0.4 is 10.9 Å². The van der Waals surface area contributed by atoms with Crippen molar-refractivity contribution in [3.63, 3.8) is 0 Å². The predicted molar refractivity (Wildman–Crippen MR) is 131 cm³/mol. The first-order valence-electron chi connectivity index (χ1n) is 12.6. The van der Waals surface area contributed by atoms with Gasteiger partial charge in [0.1, 0.15) is 11.5 Å². The Morgan fingerprint density at radius 1 is 1.12 bits per heavy atom. The van der Waals surface area contributed by atoms with Crippen LogP contribution in [-0.2, 0) is 17.6 Å². The van der Waals surface area contributed by atoms with Gasteiger partial charge in [-0.2, -0.15) is 9.78 Å². The first-order valence-corrected chi connectivity index (χ1v) is 13.5. The number of carbonyl (C=O) groups is 1. The minimum absolute atomic E-state index is 0.0914. The van der Waals surface area contributed by atoms with E-state index < -0.39 is 0 Å². The van der Waals surface area contributed by atoms with E-state index in [0.717, 1.165) is 66.8 Å². The molecule has 7 nitrogen and oxygen atoms in total. The topological polar surface area (TPSA) is 92.7 Å². The number of anilines is 1.